The molecule has 1 N–H and O–H groups in total. The van der Waals surface area contributed by atoms with Gasteiger partial charge in [-0.25, -0.2) is 4.39 Å². The number of nitrogens with zero attached hydrogens (tertiary/aromatic N) is 1. The summed E-state index contributed by atoms with van der Waals surface area (Å²) >= 11 is 0. The lowest BCUT2D eigenvalue weighted by Crippen LogP contribution is -1.77. The highest BCUT2D eigenvalue weighted by Gasteiger charge is 1.87. The number of hydrogen-bond donors (Lipinski definition) is 1. The zero-order valence-electron chi connectivity index (χ0n) is 5.98. The molecule has 64 valence electrons. The Labute approximate surface area is 67.6 Å². The molecule has 0 bridgehead atoms. The smallest absolute Gasteiger partial charge is 0.152 e. The number of rotatable bonds is 1. The highest BCUT2D eigenvalue weighted by atomic mass is 19.1. The summed E-state index contributed by atoms with van der Waals surface area (Å²) < 4.78 is 12.1. The molecule has 0 radical (unpaired) electrons. The normalized spacial score (nSPS) is 7.75. The molecular formula is C7H6FNO3. The third-order valence-corrected chi connectivity index (χ3v) is 1.01. The van der Waals surface area contributed by atoms with Gasteiger partial charge in [0.15, 0.2) is 5.34 Å². The maximum atomic E-state index is 12.1. The number of halogens is 1. The number of benzene rings is 1. The standard InChI is InChI=1S/C7H5FO.HNO2/c8-7-3-1-6(5-9)2-4-7;2-1-3/h1-5H;(H,2,3). The molecule has 5 heteroatoms. The highest BCUT2D eigenvalue weighted by Crippen LogP contribution is 1.98. The van der Waals surface area contributed by atoms with Crippen LogP contribution in [0.3, 0.4) is 0 Å². The van der Waals surface area contributed by atoms with Gasteiger partial charge in [0.25, 0.3) is 0 Å². The molecular weight excluding hydrogens is 165 g/mol. The maximum Gasteiger partial charge on any atom is 0.152 e. The minimum absolute atomic E-state index is 0.319. The molecule has 0 atom stereocenters. The van der Waals surface area contributed by atoms with Crippen molar-refractivity contribution in [3.63, 3.8) is 0 Å². The van der Waals surface area contributed by atoms with Crippen LogP contribution in [0, 0.1) is 10.7 Å². The van der Waals surface area contributed by atoms with E-state index >= 15 is 0 Å². The van der Waals surface area contributed by atoms with Gasteiger partial charge >= 0.3 is 0 Å². The van der Waals surface area contributed by atoms with E-state index < -0.39 is 0 Å². The predicted octanol–water partition coefficient (Wildman–Crippen LogP) is 1.78. The third kappa shape index (κ3) is 4.10. The summed E-state index contributed by atoms with van der Waals surface area (Å²) in [7, 11) is 0. The molecule has 0 heterocycles. The molecule has 12 heavy (non-hydrogen) atoms. The zero-order chi connectivity index (χ0) is 9.40. The van der Waals surface area contributed by atoms with Crippen LogP contribution in [0.15, 0.2) is 29.6 Å². The molecule has 0 saturated carbocycles. The van der Waals surface area contributed by atoms with Crippen LogP contribution in [-0.2, 0) is 0 Å². The topological polar surface area (TPSA) is 66.7 Å². The Balaban J connectivity index is 0.000000354. The van der Waals surface area contributed by atoms with Gasteiger partial charge in [0, 0.05) is 5.56 Å². The van der Waals surface area contributed by atoms with Crippen LogP contribution in [0.25, 0.3) is 0 Å². The lowest BCUT2D eigenvalue weighted by molar-refractivity contribution is 0.112. The molecule has 0 saturated heterocycles. The van der Waals surface area contributed by atoms with Crippen LogP contribution in [0.5, 0.6) is 0 Å². The van der Waals surface area contributed by atoms with Gasteiger partial charge in [-0.15, -0.1) is 4.91 Å². The van der Waals surface area contributed by atoms with Gasteiger partial charge < -0.3 is 5.21 Å². The summed E-state index contributed by atoms with van der Waals surface area (Å²) in [6.07, 6.45) is 0.680. The van der Waals surface area contributed by atoms with Crippen molar-refractivity contribution in [3.05, 3.63) is 40.6 Å². The van der Waals surface area contributed by atoms with E-state index in [1.165, 1.54) is 29.6 Å². The van der Waals surface area contributed by atoms with Crippen molar-refractivity contribution in [2.75, 3.05) is 0 Å². The van der Waals surface area contributed by atoms with Crippen LogP contribution in [0.1, 0.15) is 10.4 Å². The Kier molecular flexibility index (Phi) is 5.08. The molecule has 1 aromatic rings. The minimum Gasteiger partial charge on any atom is -0.379 e. The molecule has 4 nitrogen and oxygen atoms in total. The molecule has 0 unspecified atom stereocenters. The Morgan fingerprint density at radius 2 is 1.75 bits per heavy atom. The van der Waals surface area contributed by atoms with Crippen LogP contribution < -0.4 is 0 Å². The second-order valence-corrected chi connectivity index (χ2v) is 1.75. The molecule has 0 aliphatic carbocycles. The average molecular weight is 171 g/mol. The van der Waals surface area contributed by atoms with Gasteiger partial charge in [0.2, 0.25) is 0 Å². The first-order chi connectivity index (χ1) is 5.74. The molecule has 0 amide bonds. The molecule has 0 aromatic heterocycles. The van der Waals surface area contributed by atoms with Crippen molar-refractivity contribution < 1.29 is 14.4 Å². The minimum atomic E-state index is -0.319. The Morgan fingerprint density at radius 3 is 2.08 bits per heavy atom. The first-order valence-corrected chi connectivity index (χ1v) is 2.92. The van der Waals surface area contributed by atoms with Crippen molar-refractivity contribution in [2.24, 2.45) is 5.34 Å². The van der Waals surface area contributed by atoms with E-state index in [0.717, 1.165) is 0 Å². The Bertz CT molecular complexity index is 247. The van der Waals surface area contributed by atoms with E-state index in [9.17, 15) is 9.18 Å². The van der Waals surface area contributed by atoms with E-state index in [-0.39, 0.29) is 5.82 Å². The number of aldehydes is 1. The van der Waals surface area contributed by atoms with Gasteiger partial charge in [-0.2, -0.15) is 0 Å². The zero-order valence-corrected chi connectivity index (χ0v) is 5.98. The first-order valence-electron chi connectivity index (χ1n) is 2.92. The predicted molar refractivity (Wildman–Crippen MR) is 39.4 cm³/mol. The van der Waals surface area contributed by atoms with E-state index in [4.69, 9.17) is 10.1 Å². The maximum absolute atomic E-state index is 12.1. The lowest BCUT2D eigenvalue weighted by Gasteiger charge is -1.86. The quantitative estimate of drug-likeness (QED) is 0.398. The number of carbonyl (C=O) groups excluding carboxylic acids is 1. The monoisotopic (exact) mass is 171 g/mol. The van der Waals surface area contributed by atoms with Crippen molar-refractivity contribution in [1.82, 2.24) is 0 Å². The van der Waals surface area contributed by atoms with Gasteiger partial charge in [0.05, 0.1) is 0 Å². The second-order valence-electron chi connectivity index (χ2n) is 1.75. The van der Waals surface area contributed by atoms with Crippen LogP contribution in [-0.4, -0.2) is 11.5 Å². The summed E-state index contributed by atoms with van der Waals surface area (Å²) in [6, 6.07) is 5.37. The van der Waals surface area contributed by atoms with E-state index in [1.54, 1.807) is 0 Å². The fourth-order valence-electron chi connectivity index (χ4n) is 0.541. The SMILES string of the molecule is O=Cc1ccc(F)cc1.O=NO. The Morgan fingerprint density at radius 1 is 1.33 bits per heavy atom. The summed E-state index contributed by atoms with van der Waals surface area (Å²) in [5, 5.41) is 7.89. The summed E-state index contributed by atoms with van der Waals surface area (Å²) in [4.78, 5) is 18.1. The molecule has 0 aliphatic heterocycles. The number of hydrogen-bond acceptors (Lipinski definition) is 3. The molecule has 0 spiro atoms. The fourth-order valence-corrected chi connectivity index (χ4v) is 0.541. The summed E-state index contributed by atoms with van der Waals surface area (Å²) in [6.45, 7) is 0. The summed E-state index contributed by atoms with van der Waals surface area (Å²) in [5.74, 6) is -0.319. The van der Waals surface area contributed by atoms with Crippen molar-refractivity contribution in [3.8, 4) is 0 Å². The van der Waals surface area contributed by atoms with E-state index in [0.29, 0.717) is 11.8 Å². The fraction of sp³-hybridized carbons (Fsp3) is 0. The molecule has 0 fully saturated rings. The van der Waals surface area contributed by atoms with E-state index in [2.05, 4.69) is 0 Å². The van der Waals surface area contributed by atoms with Crippen LogP contribution in [0.2, 0.25) is 0 Å². The van der Waals surface area contributed by atoms with Gasteiger partial charge in [-0.3, -0.25) is 4.79 Å². The number of carbonyl (C=O) groups is 1. The third-order valence-electron chi connectivity index (χ3n) is 1.01. The highest BCUT2D eigenvalue weighted by molar-refractivity contribution is 5.74. The second kappa shape index (κ2) is 5.96. The van der Waals surface area contributed by atoms with Crippen LogP contribution in [0.4, 0.5) is 4.39 Å². The van der Waals surface area contributed by atoms with Gasteiger partial charge in [0.1, 0.15) is 12.1 Å². The van der Waals surface area contributed by atoms with Crippen molar-refractivity contribution >= 4 is 6.29 Å². The first kappa shape index (κ1) is 10.2. The van der Waals surface area contributed by atoms with Crippen molar-refractivity contribution in [1.29, 1.82) is 0 Å². The van der Waals surface area contributed by atoms with Crippen molar-refractivity contribution in [2.45, 2.75) is 0 Å². The van der Waals surface area contributed by atoms with Gasteiger partial charge in [-0.05, 0) is 24.3 Å². The molecule has 0 aliphatic rings. The van der Waals surface area contributed by atoms with E-state index in [1.807, 2.05) is 0 Å². The van der Waals surface area contributed by atoms with Crippen LogP contribution >= 0.6 is 0 Å². The molecule has 1 aromatic carbocycles. The molecule has 1 rings (SSSR count). The Hall–Kier alpha value is -1.78. The lowest BCUT2D eigenvalue weighted by atomic mass is 10.2. The largest absolute Gasteiger partial charge is 0.379 e. The average Bonchev–Trinajstić information content (AvgIpc) is 2.07. The van der Waals surface area contributed by atoms with Gasteiger partial charge in [-0.1, -0.05) is 0 Å². The summed E-state index contributed by atoms with van der Waals surface area (Å²) in [5.41, 5.74) is 0.497.